The molecule has 6 nitrogen and oxygen atoms in total. The molecule has 1 saturated heterocycles. The summed E-state index contributed by atoms with van der Waals surface area (Å²) < 4.78 is 15.7. The van der Waals surface area contributed by atoms with E-state index in [1.54, 1.807) is 17.7 Å². The molecule has 0 unspecified atom stereocenters. The molecule has 2 aromatic heterocycles. The first-order valence-electron chi connectivity index (χ1n) is 9.84. The standard InChI is InChI=1S/C22H22FN5O/c1-27-20(29)12-19(15-6-9-24-13-17(15)23)26-21(27)28-10-7-22(8-11-28)14-25-18-5-3-2-4-16(18)22/h2-6,9,12-13,25H,7-8,10-11,14H2,1H3. The van der Waals surface area contributed by atoms with E-state index in [4.69, 9.17) is 0 Å². The Morgan fingerprint density at radius 3 is 2.76 bits per heavy atom. The Morgan fingerprint density at radius 1 is 1.17 bits per heavy atom. The van der Waals surface area contributed by atoms with Crippen LogP contribution < -0.4 is 15.8 Å². The molecule has 0 radical (unpaired) electrons. The zero-order valence-corrected chi connectivity index (χ0v) is 16.2. The van der Waals surface area contributed by atoms with Gasteiger partial charge in [-0.2, -0.15) is 0 Å². The number of halogens is 1. The Hall–Kier alpha value is -3.22. The van der Waals surface area contributed by atoms with E-state index in [0.717, 1.165) is 38.7 Å². The summed E-state index contributed by atoms with van der Waals surface area (Å²) in [6.45, 7) is 2.52. The van der Waals surface area contributed by atoms with E-state index in [9.17, 15) is 9.18 Å². The monoisotopic (exact) mass is 391 g/mol. The van der Waals surface area contributed by atoms with E-state index >= 15 is 0 Å². The number of nitrogens with zero attached hydrogens (tertiary/aromatic N) is 4. The summed E-state index contributed by atoms with van der Waals surface area (Å²) in [5.41, 5.74) is 3.17. The van der Waals surface area contributed by atoms with Crippen molar-refractivity contribution >= 4 is 11.6 Å². The predicted molar refractivity (Wildman–Crippen MR) is 111 cm³/mol. The summed E-state index contributed by atoms with van der Waals surface area (Å²) in [6.07, 6.45) is 4.59. The van der Waals surface area contributed by atoms with E-state index in [-0.39, 0.29) is 11.0 Å². The van der Waals surface area contributed by atoms with Gasteiger partial charge in [-0.15, -0.1) is 0 Å². The van der Waals surface area contributed by atoms with Crippen LogP contribution >= 0.6 is 0 Å². The lowest BCUT2D eigenvalue weighted by Gasteiger charge is -2.40. The highest BCUT2D eigenvalue weighted by molar-refractivity contribution is 5.62. The SMILES string of the molecule is Cn1c(N2CCC3(CC2)CNc2ccccc23)nc(-c2ccncc2F)cc1=O. The molecule has 0 aliphatic carbocycles. The minimum absolute atomic E-state index is 0.126. The number of anilines is 2. The molecule has 1 spiro atoms. The zero-order valence-electron chi connectivity index (χ0n) is 16.2. The quantitative estimate of drug-likeness (QED) is 0.728. The number of pyridine rings is 1. The Morgan fingerprint density at radius 2 is 1.97 bits per heavy atom. The number of piperidine rings is 1. The third-order valence-electron chi connectivity index (χ3n) is 6.28. The first-order valence-corrected chi connectivity index (χ1v) is 9.84. The third kappa shape index (κ3) is 2.88. The molecule has 1 fully saturated rings. The fraction of sp³-hybridized carbons (Fsp3) is 0.318. The van der Waals surface area contributed by atoms with Gasteiger partial charge in [-0.05, 0) is 30.5 Å². The number of hydrogen-bond acceptors (Lipinski definition) is 5. The summed E-state index contributed by atoms with van der Waals surface area (Å²) in [4.78, 5) is 23.1. The molecule has 0 amide bonds. The number of benzene rings is 1. The lowest BCUT2D eigenvalue weighted by molar-refractivity contribution is 0.358. The number of hydrogen-bond donors (Lipinski definition) is 1. The third-order valence-corrected chi connectivity index (χ3v) is 6.28. The van der Waals surface area contributed by atoms with Crippen LogP contribution in [0.5, 0.6) is 0 Å². The van der Waals surface area contributed by atoms with E-state index in [0.29, 0.717) is 17.2 Å². The van der Waals surface area contributed by atoms with Crippen molar-refractivity contribution in [3.63, 3.8) is 0 Å². The summed E-state index contributed by atoms with van der Waals surface area (Å²) in [6, 6.07) is 11.4. The van der Waals surface area contributed by atoms with E-state index in [1.165, 1.54) is 23.5 Å². The highest BCUT2D eigenvalue weighted by Gasteiger charge is 2.41. The summed E-state index contributed by atoms with van der Waals surface area (Å²) >= 11 is 0. The van der Waals surface area contributed by atoms with Crippen molar-refractivity contribution in [1.82, 2.24) is 14.5 Å². The molecule has 148 valence electrons. The van der Waals surface area contributed by atoms with Gasteiger partial charge < -0.3 is 10.2 Å². The van der Waals surface area contributed by atoms with Crippen molar-refractivity contribution in [3.05, 3.63) is 70.5 Å². The van der Waals surface area contributed by atoms with Crippen LogP contribution in [0.2, 0.25) is 0 Å². The molecular weight excluding hydrogens is 369 g/mol. The fourth-order valence-corrected chi connectivity index (χ4v) is 4.57. The summed E-state index contributed by atoms with van der Waals surface area (Å²) in [5.74, 6) is 0.100. The number of para-hydroxylation sites is 1. The van der Waals surface area contributed by atoms with Crippen molar-refractivity contribution in [2.75, 3.05) is 29.9 Å². The van der Waals surface area contributed by atoms with Crippen molar-refractivity contribution < 1.29 is 4.39 Å². The minimum Gasteiger partial charge on any atom is -0.384 e. The minimum atomic E-state index is -0.481. The Bertz CT molecular complexity index is 1130. The van der Waals surface area contributed by atoms with Crippen molar-refractivity contribution in [3.8, 4) is 11.3 Å². The van der Waals surface area contributed by atoms with Gasteiger partial charge in [0.15, 0.2) is 5.82 Å². The van der Waals surface area contributed by atoms with Crippen LogP contribution in [0.4, 0.5) is 16.0 Å². The molecule has 3 aromatic rings. The van der Waals surface area contributed by atoms with Gasteiger partial charge in [0.2, 0.25) is 5.95 Å². The lowest BCUT2D eigenvalue weighted by atomic mass is 9.74. The van der Waals surface area contributed by atoms with Crippen molar-refractivity contribution in [1.29, 1.82) is 0 Å². The Labute approximate surface area is 168 Å². The first-order chi connectivity index (χ1) is 14.1. The molecule has 2 aliphatic heterocycles. The number of nitrogens with one attached hydrogen (secondary N) is 1. The molecular formula is C22H22FN5O. The van der Waals surface area contributed by atoms with E-state index in [2.05, 4.69) is 44.5 Å². The molecule has 5 rings (SSSR count). The smallest absolute Gasteiger partial charge is 0.255 e. The Kier molecular flexibility index (Phi) is 4.12. The second kappa shape index (κ2) is 6.69. The lowest BCUT2D eigenvalue weighted by Crippen LogP contribution is -2.45. The molecule has 0 atom stereocenters. The van der Waals surface area contributed by atoms with Gasteiger partial charge in [-0.25, -0.2) is 9.37 Å². The molecule has 0 saturated carbocycles. The molecule has 1 N–H and O–H groups in total. The van der Waals surface area contributed by atoms with E-state index < -0.39 is 5.82 Å². The topological polar surface area (TPSA) is 63.1 Å². The highest BCUT2D eigenvalue weighted by atomic mass is 19.1. The fourth-order valence-electron chi connectivity index (χ4n) is 4.57. The van der Waals surface area contributed by atoms with E-state index in [1.807, 2.05) is 0 Å². The number of aromatic nitrogens is 3. The van der Waals surface area contributed by atoms with Gasteiger partial charge in [0.1, 0.15) is 0 Å². The second-order valence-corrected chi connectivity index (χ2v) is 7.86. The molecule has 2 aliphatic rings. The maximum Gasteiger partial charge on any atom is 0.255 e. The van der Waals surface area contributed by atoms with Gasteiger partial charge in [-0.3, -0.25) is 14.3 Å². The summed E-state index contributed by atoms with van der Waals surface area (Å²) in [7, 11) is 1.72. The average molecular weight is 391 g/mol. The summed E-state index contributed by atoms with van der Waals surface area (Å²) in [5, 5.41) is 3.54. The largest absolute Gasteiger partial charge is 0.384 e. The van der Waals surface area contributed by atoms with Crippen molar-refractivity contribution in [2.24, 2.45) is 7.05 Å². The molecule has 7 heteroatoms. The maximum absolute atomic E-state index is 14.2. The van der Waals surface area contributed by atoms with Crippen LogP contribution in [0.1, 0.15) is 18.4 Å². The number of fused-ring (bicyclic) bond motifs is 2. The number of rotatable bonds is 2. The van der Waals surface area contributed by atoms with Gasteiger partial charge in [-0.1, -0.05) is 18.2 Å². The highest BCUT2D eigenvalue weighted by Crippen LogP contribution is 2.44. The van der Waals surface area contributed by atoms with Crippen molar-refractivity contribution in [2.45, 2.75) is 18.3 Å². The molecule has 4 heterocycles. The average Bonchev–Trinajstić information content (AvgIpc) is 3.10. The van der Waals surface area contributed by atoms with Crippen LogP contribution in [0, 0.1) is 5.82 Å². The first kappa shape index (κ1) is 17.8. The van der Waals surface area contributed by atoms with Crippen LogP contribution in [-0.2, 0) is 12.5 Å². The normalized spacial score (nSPS) is 17.2. The maximum atomic E-state index is 14.2. The molecule has 1 aromatic carbocycles. The van der Waals surface area contributed by atoms with Crippen LogP contribution in [0.15, 0.2) is 53.6 Å². The van der Waals surface area contributed by atoms with Crippen LogP contribution in [0.25, 0.3) is 11.3 Å². The Balaban J connectivity index is 1.46. The zero-order chi connectivity index (χ0) is 20.0. The molecule has 0 bridgehead atoms. The van der Waals surface area contributed by atoms with Gasteiger partial charge in [0.05, 0.1) is 11.9 Å². The second-order valence-electron chi connectivity index (χ2n) is 7.86. The van der Waals surface area contributed by atoms with Crippen LogP contribution in [0.3, 0.4) is 0 Å². The van der Waals surface area contributed by atoms with Gasteiger partial charge in [0, 0.05) is 55.6 Å². The predicted octanol–water partition coefficient (Wildman–Crippen LogP) is 2.95. The molecule has 29 heavy (non-hydrogen) atoms. The van der Waals surface area contributed by atoms with Gasteiger partial charge >= 0.3 is 0 Å². The van der Waals surface area contributed by atoms with Gasteiger partial charge in [0.25, 0.3) is 5.56 Å². The van der Waals surface area contributed by atoms with Crippen LogP contribution in [-0.4, -0.2) is 34.2 Å².